The Bertz CT molecular complexity index is 493. The number of amides is 1. The fourth-order valence-corrected chi connectivity index (χ4v) is 3.40. The van der Waals surface area contributed by atoms with Crippen molar-refractivity contribution in [2.24, 2.45) is 0 Å². The largest absolute Gasteiger partial charge is 0.336 e. The van der Waals surface area contributed by atoms with Crippen LogP contribution in [0.3, 0.4) is 0 Å². The maximum absolute atomic E-state index is 12.9. The second-order valence-corrected chi connectivity index (χ2v) is 6.61. The molecule has 0 radical (unpaired) electrons. The van der Waals surface area contributed by atoms with Gasteiger partial charge in [-0.1, -0.05) is 18.5 Å². The lowest BCUT2D eigenvalue weighted by Crippen LogP contribution is -2.46. The zero-order valence-corrected chi connectivity index (χ0v) is 15.5. The van der Waals surface area contributed by atoms with Crippen LogP contribution >= 0.6 is 35.8 Å². The molecule has 0 aliphatic carbocycles. The number of nitrogens with one attached hydrogen (secondary N) is 1. The van der Waals surface area contributed by atoms with Gasteiger partial charge in [0.25, 0.3) is 5.91 Å². The molecule has 0 spiro atoms. The van der Waals surface area contributed by atoms with Gasteiger partial charge in [-0.25, -0.2) is 0 Å². The van der Waals surface area contributed by atoms with E-state index in [-0.39, 0.29) is 18.3 Å². The molecule has 6 heteroatoms. The highest BCUT2D eigenvalue weighted by atomic mass is 35.5. The number of carbonyl (C=O) groups excluding carboxylic acids is 1. The Kier molecular flexibility index (Phi) is 8.62. The average molecular weight is 363 g/mol. The van der Waals surface area contributed by atoms with E-state index in [0.717, 1.165) is 43.8 Å². The summed E-state index contributed by atoms with van der Waals surface area (Å²) in [5.41, 5.74) is 0.635. The van der Waals surface area contributed by atoms with Gasteiger partial charge in [0.2, 0.25) is 0 Å². The van der Waals surface area contributed by atoms with Gasteiger partial charge in [-0.15, -0.1) is 24.2 Å². The molecule has 1 fully saturated rings. The Morgan fingerprint density at radius 2 is 2.09 bits per heavy atom. The number of hydrogen-bond donors (Lipinski definition) is 1. The van der Waals surface area contributed by atoms with Crippen LogP contribution in [0, 0.1) is 0 Å². The van der Waals surface area contributed by atoms with Crippen LogP contribution in [0.4, 0.5) is 0 Å². The summed E-state index contributed by atoms with van der Waals surface area (Å²) in [5.74, 6) is 0.0738. The zero-order valence-electron chi connectivity index (χ0n) is 13.1. The molecule has 1 N–H and O–H groups in total. The summed E-state index contributed by atoms with van der Waals surface area (Å²) in [7, 11) is 0. The van der Waals surface area contributed by atoms with Gasteiger partial charge in [-0.2, -0.15) is 0 Å². The number of piperidine rings is 1. The average Bonchev–Trinajstić information content (AvgIpc) is 2.53. The van der Waals surface area contributed by atoms with Crippen LogP contribution in [-0.4, -0.2) is 42.7 Å². The second-order valence-electron chi connectivity index (χ2n) is 5.33. The lowest BCUT2D eigenvalue weighted by molar-refractivity contribution is 0.0642. The standard InChI is InChI=1S/C16H23ClN2OS.ClH/c1-3-10-19(12-6-8-18-9-7-12)16(20)14-11-13(21-2)4-5-15(14)17;/h4-5,11-12,18H,3,6-10H2,1-2H3;1H. The van der Waals surface area contributed by atoms with Crippen molar-refractivity contribution in [2.45, 2.75) is 37.1 Å². The molecule has 22 heavy (non-hydrogen) atoms. The third-order valence-corrected chi connectivity index (χ3v) is 4.93. The number of hydrogen-bond acceptors (Lipinski definition) is 3. The molecule has 0 aromatic heterocycles. The quantitative estimate of drug-likeness (QED) is 0.800. The number of nitrogens with zero attached hydrogens (tertiary/aromatic N) is 1. The first-order valence-electron chi connectivity index (χ1n) is 7.52. The predicted molar refractivity (Wildman–Crippen MR) is 97.7 cm³/mol. The first-order chi connectivity index (χ1) is 10.2. The van der Waals surface area contributed by atoms with Gasteiger partial charge in [0.15, 0.2) is 0 Å². The molecule has 0 saturated carbocycles. The molecule has 1 amide bonds. The molecule has 1 aromatic rings. The summed E-state index contributed by atoms with van der Waals surface area (Å²) in [4.78, 5) is 16.0. The fourth-order valence-electron chi connectivity index (χ4n) is 2.76. The molecular weight excluding hydrogens is 339 g/mol. The van der Waals surface area contributed by atoms with Crippen molar-refractivity contribution < 1.29 is 4.79 Å². The summed E-state index contributed by atoms with van der Waals surface area (Å²) in [6, 6.07) is 6.03. The summed E-state index contributed by atoms with van der Waals surface area (Å²) in [5, 5.41) is 3.90. The Labute approximate surface area is 148 Å². The highest BCUT2D eigenvalue weighted by Gasteiger charge is 2.26. The molecule has 3 nitrogen and oxygen atoms in total. The van der Waals surface area contributed by atoms with Gasteiger partial charge in [-0.05, 0) is 56.8 Å². The highest BCUT2D eigenvalue weighted by molar-refractivity contribution is 7.98. The van der Waals surface area contributed by atoms with Gasteiger partial charge in [0.05, 0.1) is 10.6 Å². The summed E-state index contributed by atoms with van der Waals surface area (Å²) < 4.78 is 0. The van der Waals surface area contributed by atoms with Gasteiger partial charge >= 0.3 is 0 Å². The maximum atomic E-state index is 12.9. The third kappa shape index (κ3) is 4.79. The van der Waals surface area contributed by atoms with Gasteiger partial charge < -0.3 is 10.2 Å². The van der Waals surface area contributed by atoms with Gasteiger partial charge in [0, 0.05) is 17.5 Å². The number of thioether (sulfide) groups is 1. The SMILES string of the molecule is CCCN(C(=O)c1cc(SC)ccc1Cl)C1CCNCC1.Cl. The lowest BCUT2D eigenvalue weighted by atomic mass is 10.0. The number of rotatable bonds is 5. The first-order valence-corrected chi connectivity index (χ1v) is 9.12. The Hall–Kier alpha value is -0.420. The van der Waals surface area contributed by atoms with Crippen LogP contribution in [0.15, 0.2) is 23.1 Å². The van der Waals surface area contributed by atoms with Crippen molar-refractivity contribution in [1.29, 1.82) is 0 Å². The fraction of sp³-hybridized carbons (Fsp3) is 0.562. The lowest BCUT2D eigenvalue weighted by Gasteiger charge is -2.35. The van der Waals surface area contributed by atoms with Crippen LogP contribution in [-0.2, 0) is 0 Å². The minimum absolute atomic E-state index is 0. The van der Waals surface area contributed by atoms with Crippen LogP contribution < -0.4 is 5.32 Å². The molecular formula is C16H24Cl2N2OS. The van der Waals surface area contributed by atoms with Crippen LogP contribution in [0.2, 0.25) is 5.02 Å². The van der Waals surface area contributed by atoms with E-state index in [2.05, 4.69) is 12.2 Å². The first kappa shape index (κ1) is 19.6. The molecule has 1 aromatic carbocycles. The zero-order chi connectivity index (χ0) is 15.2. The maximum Gasteiger partial charge on any atom is 0.255 e. The monoisotopic (exact) mass is 362 g/mol. The Morgan fingerprint density at radius 1 is 1.41 bits per heavy atom. The molecule has 0 unspecified atom stereocenters. The number of halogens is 2. The van der Waals surface area contributed by atoms with Crippen molar-refractivity contribution >= 4 is 41.7 Å². The van der Waals surface area contributed by atoms with E-state index in [1.165, 1.54) is 0 Å². The van der Waals surface area contributed by atoms with Crippen molar-refractivity contribution in [2.75, 3.05) is 25.9 Å². The van der Waals surface area contributed by atoms with Gasteiger partial charge in [0.1, 0.15) is 0 Å². The predicted octanol–water partition coefficient (Wildman–Crippen LogP) is 4.09. The van der Waals surface area contributed by atoms with E-state index in [1.807, 2.05) is 29.4 Å². The van der Waals surface area contributed by atoms with E-state index in [9.17, 15) is 4.79 Å². The smallest absolute Gasteiger partial charge is 0.255 e. The molecule has 1 saturated heterocycles. The van der Waals surface area contributed by atoms with E-state index < -0.39 is 0 Å². The molecule has 124 valence electrons. The van der Waals surface area contributed by atoms with E-state index >= 15 is 0 Å². The van der Waals surface area contributed by atoms with Crippen molar-refractivity contribution in [3.63, 3.8) is 0 Å². The topological polar surface area (TPSA) is 32.3 Å². The van der Waals surface area contributed by atoms with Gasteiger partial charge in [-0.3, -0.25) is 4.79 Å². The summed E-state index contributed by atoms with van der Waals surface area (Å²) in [6.07, 6.45) is 5.01. The van der Waals surface area contributed by atoms with Crippen molar-refractivity contribution in [3.05, 3.63) is 28.8 Å². The molecule has 1 heterocycles. The minimum Gasteiger partial charge on any atom is -0.336 e. The van der Waals surface area contributed by atoms with E-state index in [0.29, 0.717) is 16.6 Å². The van der Waals surface area contributed by atoms with Crippen LogP contribution in [0.25, 0.3) is 0 Å². The Balaban J connectivity index is 0.00000242. The number of carbonyl (C=O) groups is 1. The molecule has 1 aliphatic rings. The highest BCUT2D eigenvalue weighted by Crippen LogP contribution is 2.26. The summed E-state index contributed by atoms with van der Waals surface area (Å²) in [6.45, 7) is 4.87. The van der Waals surface area contributed by atoms with E-state index in [1.54, 1.807) is 11.8 Å². The van der Waals surface area contributed by atoms with Crippen molar-refractivity contribution in [3.8, 4) is 0 Å². The molecule has 0 atom stereocenters. The van der Waals surface area contributed by atoms with Crippen LogP contribution in [0.5, 0.6) is 0 Å². The van der Waals surface area contributed by atoms with Crippen molar-refractivity contribution in [1.82, 2.24) is 10.2 Å². The minimum atomic E-state index is 0. The summed E-state index contributed by atoms with van der Waals surface area (Å²) >= 11 is 7.89. The molecule has 1 aliphatic heterocycles. The normalized spacial score (nSPS) is 15.2. The molecule has 2 rings (SSSR count). The third-order valence-electron chi connectivity index (χ3n) is 3.88. The second kappa shape index (κ2) is 9.66. The molecule has 0 bridgehead atoms. The van der Waals surface area contributed by atoms with Crippen LogP contribution in [0.1, 0.15) is 36.5 Å². The van der Waals surface area contributed by atoms with E-state index in [4.69, 9.17) is 11.6 Å². The number of benzene rings is 1. The Morgan fingerprint density at radius 3 is 2.68 bits per heavy atom.